The molecule has 2 aromatic rings. The Morgan fingerprint density at radius 3 is 2.79 bits per heavy atom. The summed E-state index contributed by atoms with van der Waals surface area (Å²) in [5, 5.41) is 3.04. The molecule has 4 nitrogen and oxygen atoms in total. The van der Waals surface area contributed by atoms with Gasteiger partial charge in [-0.15, -0.1) is 0 Å². The Morgan fingerprint density at radius 1 is 1.25 bits per heavy atom. The molecular weight excluding hydrogens is 300 g/mol. The van der Waals surface area contributed by atoms with Crippen molar-refractivity contribution in [1.29, 1.82) is 0 Å². The van der Waals surface area contributed by atoms with Crippen molar-refractivity contribution in [3.05, 3.63) is 59.7 Å². The smallest absolute Gasteiger partial charge is 0.322 e. The number of hydrogen-bond acceptors (Lipinski definition) is 2. The van der Waals surface area contributed by atoms with Crippen molar-refractivity contribution in [2.24, 2.45) is 0 Å². The summed E-state index contributed by atoms with van der Waals surface area (Å²) < 4.78 is 5.97. The molecule has 1 unspecified atom stereocenters. The first-order chi connectivity index (χ1) is 11.7. The molecule has 0 aromatic heterocycles. The normalized spacial score (nSPS) is 16.2. The second kappa shape index (κ2) is 7.39. The van der Waals surface area contributed by atoms with Crippen LogP contribution in [0.25, 0.3) is 0 Å². The van der Waals surface area contributed by atoms with Crippen LogP contribution in [0.4, 0.5) is 10.5 Å². The maximum absolute atomic E-state index is 12.7. The van der Waals surface area contributed by atoms with Crippen LogP contribution < -0.4 is 15.0 Å². The van der Waals surface area contributed by atoms with E-state index < -0.39 is 0 Å². The van der Waals surface area contributed by atoms with E-state index in [1.54, 1.807) is 0 Å². The summed E-state index contributed by atoms with van der Waals surface area (Å²) in [6.45, 7) is 5.31. The maximum Gasteiger partial charge on any atom is 0.322 e. The molecule has 0 bridgehead atoms. The van der Waals surface area contributed by atoms with Gasteiger partial charge in [0.05, 0.1) is 12.2 Å². The molecule has 0 saturated heterocycles. The fraction of sp³-hybridized carbons (Fsp3) is 0.350. The van der Waals surface area contributed by atoms with Gasteiger partial charge in [-0.3, -0.25) is 4.90 Å². The number of benzene rings is 2. The number of carbonyl (C=O) groups excluding carboxylic acids is 1. The number of amides is 2. The monoisotopic (exact) mass is 324 g/mol. The summed E-state index contributed by atoms with van der Waals surface area (Å²) in [7, 11) is 0. The molecule has 1 N–H and O–H groups in total. The number of anilines is 1. The average Bonchev–Trinajstić information content (AvgIpc) is 2.61. The van der Waals surface area contributed by atoms with E-state index in [0.717, 1.165) is 29.8 Å². The van der Waals surface area contributed by atoms with Gasteiger partial charge in [-0.2, -0.15) is 0 Å². The number of rotatable bonds is 4. The minimum atomic E-state index is -0.0560. The quantitative estimate of drug-likeness (QED) is 0.926. The fourth-order valence-corrected chi connectivity index (χ4v) is 2.92. The van der Waals surface area contributed by atoms with E-state index in [4.69, 9.17) is 4.74 Å². The van der Waals surface area contributed by atoms with E-state index in [-0.39, 0.29) is 12.1 Å². The summed E-state index contributed by atoms with van der Waals surface area (Å²) >= 11 is 0. The maximum atomic E-state index is 12.7. The van der Waals surface area contributed by atoms with Gasteiger partial charge in [0, 0.05) is 6.54 Å². The number of hydrogen-bond donors (Lipinski definition) is 1. The molecule has 24 heavy (non-hydrogen) atoms. The highest BCUT2D eigenvalue weighted by Crippen LogP contribution is 2.34. The van der Waals surface area contributed by atoms with Crippen molar-refractivity contribution in [2.45, 2.75) is 32.8 Å². The second-order valence-corrected chi connectivity index (χ2v) is 6.20. The minimum absolute atomic E-state index is 0.0417. The number of carbonyl (C=O) groups is 1. The lowest BCUT2D eigenvalue weighted by Crippen LogP contribution is -2.48. The van der Waals surface area contributed by atoms with Crippen LogP contribution in [0.1, 0.15) is 24.5 Å². The van der Waals surface area contributed by atoms with E-state index in [1.165, 1.54) is 5.56 Å². The molecule has 1 aliphatic heterocycles. The number of nitrogens with one attached hydrogen (secondary N) is 1. The van der Waals surface area contributed by atoms with Gasteiger partial charge >= 0.3 is 6.03 Å². The topological polar surface area (TPSA) is 41.6 Å². The lowest BCUT2D eigenvalue weighted by atomic mass is 10.1. The van der Waals surface area contributed by atoms with E-state index in [0.29, 0.717) is 13.1 Å². The molecule has 3 rings (SSSR count). The Kier molecular flexibility index (Phi) is 5.04. The average molecular weight is 324 g/mol. The molecule has 0 saturated carbocycles. The fourth-order valence-electron chi connectivity index (χ4n) is 2.92. The minimum Gasteiger partial charge on any atom is -0.486 e. The standard InChI is InChI=1S/C20H24N2O2/c1-3-17-14-22(18-13-15(2)9-10-19(18)24-17)20(23)21-12-11-16-7-5-4-6-8-16/h4-10,13,17H,3,11-12,14H2,1-2H3,(H,21,23). The van der Waals surface area contributed by atoms with Crippen LogP contribution >= 0.6 is 0 Å². The third-order valence-corrected chi connectivity index (χ3v) is 4.32. The molecule has 1 aliphatic rings. The van der Waals surface area contributed by atoms with Crippen molar-refractivity contribution in [3.8, 4) is 5.75 Å². The van der Waals surface area contributed by atoms with Crippen LogP contribution in [-0.2, 0) is 6.42 Å². The Hall–Kier alpha value is -2.49. The summed E-state index contributed by atoms with van der Waals surface area (Å²) in [5.74, 6) is 0.789. The highest BCUT2D eigenvalue weighted by Gasteiger charge is 2.28. The number of nitrogens with zero attached hydrogens (tertiary/aromatic N) is 1. The molecule has 126 valence electrons. The molecule has 0 spiro atoms. The zero-order valence-corrected chi connectivity index (χ0v) is 14.3. The zero-order valence-electron chi connectivity index (χ0n) is 14.3. The Morgan fingerprint density at radius 2 is 2.04 bits per heavy atom. The third-order valence-electron chi connectivity index (χ3n) is 4.32. The molecule has 2 amide bonds. The van der Waals surface area contributed by atoms with E-state index in [2.05, 4.69) is 24.4 Å². The number of fused-ring (bicyclic) bond motifs is 1. The van der Waals surface area contributed by atoms with Crippen molar-refractivity contribution in [2.75, 3.05) is 18.0 Å². The van der Waals surface area contributed by atoms with Gasteiger partial charge in [0.25, 0.3) is 0 Å². The van der Waals surface area contributed by atoms with Gasteiger partial charge < -0.3 is 10.1 Å². The largest absolute Gasteiger partial charge is 0.486 e. The molecule has 0 fully saturated rings. The lowest BCUT2D eigenvalue weighted by molar-refractivity contribution is 0.186. The van der Waals surface area contributed by atoms with Crippen LogP contribution in [-0.4, -0.2) is 25.2 Å². The zero-order chi connectivity index (χ0) is 16.9. The van der Waals surface area contributed by atoms with Gasteiger partial charge in [-0.1, -0.05) is 43.3 Å². The predicted molar refractivity (Wildman–Crippen MR) is 96.8 cm³/mol. The van der Waals surface area contributed by atoms with E-state index >= 15 is 0 Å². The molecule has 0 radical (unpaired) electrons. The van der Waals surface area contributed by atoms with Gasteiger partial charge in [0.1, 0.15) is 11.9 Å². The highest BCUT2D eigenvalue weighted by atomic mass is 16.5. The van der Waals surface area contributed by atoms with Gasteiger partial charge in [-0.05, 0) is 43.0 Å². The first-order valence-corrected chi connectivity index (χ1v) is 8.54. The van der Waals surface area contributed by atoms with Crippen LogP contribution in [0.3, 0.4) is 0 Å². The van der Waals surface area contributed by atoms with E-state index in [9.17, 15) is 4.79 Å². The summed E-state index contributed by atoms with van der Waals surface area (Å²) in [6, 6.07) is 16.1. The van der Waals surface area contributed by atoms with Gasteiger partial charge in [0.15, 0.2) is 0 Å². The van der Waals surface area contributed by atoms with Crippen molar-refractivity contribution in [3.63, 3.8) is 0 Å². The van der Waals surface area contributed by atoms with E-state index in [1.807, 2.05) is 48.2 Å². The first kappa shape index (κ1) is 16.4. The van der Waals surface area contributed by atoms with Crippen LogP contribution in [0.15, 0.2) is 48.5 Å². The number of urea groups is 1. The molecule has 4 heteroatoms. The third kappa shape index (κ3) is 3.70. The molecule has 0 aliphatic carbocycles. The summed E-state index contributed by atoms with van der Waals surface area (Å²) in [6.07, 6.45) is 1.75. The molecular formula is C20H24N2O2. The lowest BCUT2D eigenvalue weighted by Gasteiger charge is -2.34. The Balaban J connectivity index is 1.68. The molecule has 1 atom stereocenters. The Labute approximate surface area is 143 Å². The number of ether oxygens (including phenoxy) is 1. The van der Waals surface area contributed by atoms with Gasteiger partial charge in [-0.25, -0.2) is 4.79 Å². The SMILES string of the molecule is CCC1CN(C(=O)NCCc2ccccc2)c2cc(C)ccc2O1. The van der Waals surface area contributed by atoms with Crippen LogP contribution in [0, 0.1) is 6.92 Å². The Bertz CT molecular complexity index is 700. The first-order valence-electron chi connectivity index (χ1n) is 8.54. The molecule has 2 aromatic carbocycles. The number of aryl methyl sites for hydroxylation is 1. The summed E-state index contributed by atoms with van der Waals surface area (Å²) in [5.41, 5.74) is 3.20. The van der Waals surface area contributed by atoms with Gasteiger partial charge in [0.2, 0.25) is 0 Å². The summed E-state index contributed by atoms with van der Waals surface area (Å²) in [4.78, 5) is 14.5. The van der Waals surface area contributed by atoms with Crippen LogP contribution in [0.5, 0.6) is 5.75 Å². The van der Waals surface area contributed by atoms with Crippen molar-refractivity contribution in [1.82, 2.24) is 5.32 Å². The van der Waals surface area contributed by atoms with Crippen molar-refractivity contribution >= 4 is 11.7 Å². The molecule has 1 heterocycles. The second-order valence-electron chi connectivity index (χ2n) is 6.20. The predicted octanol–water partition coefficient (Wildman–Crippen LogP) is 3.92. The van der Waals surface area contributed by atoms with Crippen LogP contribution in [0.2, 0.25) is 0 Å². The van der Waals surface area contributed by atoms with Crippen molar-refractivity contribution < 1.29 is 9.53 Å². The highest BCUT2D eigenvalue weighted by molar-refractivity contribution is 5.94.